The molecule has 0 spiro atoms. The van der Waals surface area contributed by atoms with E-state index < -0.39 is 11.9 Å². The van der Waals surface area contributed by atoms with E-state index in [-0.39, 0.29) is 23.9 Å². The highest BCUT2D eigenvalue weighted by Crippen LogP contribution is 2.31. The first kappa shape index (κ1) is 31.3. The fraction of sp³-hybridized carbons (Fsp3) is 0.433. The van der Waals surface area contributed by atoms with Crippen LogP contribution >= 0.6 is 11.6 Å². The van der Waals surface area contributed by atoms with Crippen LogP contribution in [0.25, 0.3) is 0 Å². The monoisotopic (exact) mass is 600 g/mol. The van der Waals surface area contributed by atoms with Crippen LogP contribution in [0.15, 0.2) is 48.7 Å². The van der Waals surface area contributed by atoms with Gasteiger partial charge in [-0.25, -0.2) is 14.2 Å². The molecule has 0 atom stereocenters. The molecule has 3 aromatic rings. The number of ether oxygens (including phenoxy) is 2. The largest absolute Gasteiger partial charge is 0.493 e. The van der Waals surface area contributed by atoms with Crippen LogP contribution in [-0.2, 0) is 6.54 Å². The summed E-state index contributed by atoms with van der Waals surface area (Å²) in [5, 5.41) is 13.2. The minimum Gasteiger partial charge on any atom is -0.493 e. The molecule has 42 heavy (non-hydrogen) atoms. The molecule has 226 valence electrons. The Labute approximate surface area is 251 Å². The van der Waals surface area contributed by atoms with Gasteiger partial charge in [-0.3, -0.25) is 4.90 Å². The Bertz CT molecular complexity index is 1320. The number of benzene rings is 2. The minimum atomic E-state index is -1.29. The van der Waals surface area contributed by atoms with E-state index in [4.69, 9.17) is 21.1 Å². The molecule has 1 aliphatic rings. The van der Waals surface area contributed by atoms with Gasteiger partial charge >= 0.3 is 6.09 Å². The maximum Gasteiger partial charge on any atom is 0.413 e. The number of nitrogens with zero attached hydrogens (tertiary/aromatic N) is 5. The lowest BCUT2D eigenvalue weighted by Crippen LogP contribution is -2.46. The van der Waals surface area contributed by atoms with E-state index in [0.29, 0.717) is 28.8 Å². The molecular formula is C30H38ClFN6O4. The Morgan fingerprint density at radius 3 is 2.50 bits per heavy atom. The van der Waals surface area contributed by atoms with Gasteiger partial charge in [0.15, 0.2) is 11.5 Å². The molecule has 10 nitrogen and oxygen atoms in total. The van der Waals surface area contributed by atoms with Gasteiger partial charge in [0.05, 0.1) is 20.3 Å². The van der Waals surface area contributed by atoms with Gasteiger partial charge in [0.2, 0.25) is 5.95 Å². The van der Waals surface area contributed by atoms with E-state index in [1.54, 1.807) is 19.2 Å². The minimum absolute atomic E-state index is 0.0775. The predicted octanol–water partition coefficient (Wildman–Crippen LogP) is 5.89. The number of halogens is 2. The number of anilines is 3. The molecule has 1 aliphatic heterocycles. The van der Waals surface area contributed by atoms with Crippen molar-refractivity contribution in [2.24, 2.45) is 0 Å². The maximum atomic E-state index is 14.3. The molecule has 4 rings (SSSR count). The van der Waals surface area contributed by atoms with Gasteiger partial charge in [-0.05, 0) is 55.8 Å². The molecule has 0 bridgehead atoms. The number of rotatable bonds is 14. The Morgan fingerprint density at radius 1 is 1.07 bits per heavy atom. The summed E-state index contributed by atoms with van der Waals surface area (Å²) in [4.78, 5) is 26.5. The summed E-state index contributed by atoms with van der Waals surface area (Å²) in [6, 6.07) is 10.8. The molecule has 2 heterocycles. The number of methoxy groups -OCH3 is 1. The van der Waals surface area contributed by atoms with E-state index in [2.05, 4.69) is 32.0 Å². The number of amides is 1. The first-order valence-electron chi connectivity index (χ1n) is 14.2. The lowest BCUT2D eigenvalue weighted by Gasteiger charge is -2.34. The molecule has 0 aliphatic carbocycles. The predicted molar refractivity (Wildman–Crippen MR) is 162 cm³/mol. The summed E-state index contributed by atoms with van der Waals surface area (Å²) in [7, 11) is 1.57. The van der Waals surface area contributed by atoms with Gasteiger partial charge in [0.1, 0.15) is 11.6 Å². The molecular weight excluding hydrogens is 563 g/mol. The number of unbranched alkanes of at least 4 members (excludes halogenated alkanes) is 1. The highest BCUT2D eigenvalue weighted by atomic mass is 35.5. The summed E-state index contributed by atoms with van der Waals surface area (Å²) in [6.07, 6.45) is 3.54. The Kier molecular flexibility index (Phi) is 11.6. The number of piperazine rings is 1. The number of nitrogens with one attached hydrogen (secondary N) is 1. The Hall–Kier alpha value is -3.67. The third-order valence-electron chi connectivity index (χ3n) is 7.07. The SMILES string of the molecule is CCCCN1CCN(CCCOc2ccc(Nc3nccc(N(Cc4cc(Cl)ccc4F)C(=O)O)n3)cc2OC)CC1. The number of hydrogen-bond donors (Lipinski definition) is 2. The normalized spacial score (nSPS) is 14.0. The molecule has 1 saturated heterocycles. The lowest BCUT2D eigenvalue weighted by molar-refractivity contribution is 0.125. The van der Waals surface area contributed by atoms with E-state index in [0.717, 1.165) is 44.0 Å². The first-order chi connectivity index (χ1) is 20.4. The van der Waals surface area contributed by atoms with Crippen molar-refractivity contribution in [2.75, 3.05) is 63.2 Å². The van der Waals surface area contributed by atoms with Gasteiger partial charge in [0.25, 0.3) is 0 Å². The van der Waals surface area contributed by atoms with Crippen LogP contribution in [0.4, 0.5) is 26.6 Å². The topological polar surface area (TPSA) is 103 Å². The summed E-state index contributed by atoms with van der Waals surface area (Å²) in [5.41, 5.74) is 0.753. The van der Waals surface area contributed by atoms with Crippen molar-refractivity contribution in [3.05, 3.63) is 65.1 Å². The Morgan fingerprint density at radius 2 is 1.81 bits per heavy atom. The second-order valence-corrected chi connectivity index (χ2v) is 10.5. The molecule has 1 fully saturated rings. The van der Waals surface area contributed by atoms with Crippen molar-refractivity contribution in [2.45, 2.75) is 32.7 Å². The van der Waals surface area contributed by atoms with E-state index in [9.17, 15) is 14.3 Å². The van der Waals surface area contributed by atoms with Gasteiger partial charge < -0.3 is 29.7 Å². The van der Waals surface area contributed by atoms with Crippen molar-refractivity contribution in [3.8, 4) is 11.5 Å². The maximum absolute atomic E-state index is 14.3. The van der Waals surface area contributed by atoms with Gasteiger partial charge in [-0.2, -0.15) is 4.98 Å². The summed E-state index contributed by atoms with van der Waals surface area (Å²) >= 11 is 5.97. The van der Waals surface area contributed by atoms with Crippen LogP contribution in [0, 0.1) is 5.82 Å². The van der Waals surface area contributed by atoms with Crippen LogP contribution in [0.5, 0.6) is 11.5 Å². The van der Waals surface area contributed by atoms with Crippen molar-refractivity contribution in [1.82, 2.24) is 19.8 Å². The Balaban J connectivity index is 1.32. The van der Waals surface area contributed by atoms with Crippen molar-refractivity contribution in [3.63, 3.8) is 0 Å². The summed E-state index contributed by atoms with van der Waals surface area (Å²) in [6.45, 7) is 9.17. The van der Waals surface area contributed by atoms with Crippen molar-refractivity contribution >= 4 is 35.1 Å². The van der Waals surface area contributed by atoms with Gasteiger partial charge in [0, 0.05) is 61.3 Å². The first-order valence-corrected chi connectivity index (χ1v) is 14.5. The second kappa shape index (κ2) is 15.5. The van der Waals surface area contributed by atoms with Crippen LogP contribution in [-0.4, -0.2) is 84.0 Å². The third kappa shape index (κ3) is 8.91. The molecule has 12 heteroatoms. The number of hydrogen-bond acceptors (Lipinski definition) is 8. The number of carbonyl (C=O) groups is 1. The molecule has 0 radical (unpaired) electrons. The van der Waals surface area contributed by atoms with Crippen LogP contribution < -0.4 is 19.7 Å². The summed E-state index contributed by atoms with van der Waals surface area (Å²) in [5.74, 6) is 0.851. The zero-order chi connectivity index (χ0) is 29.9. The van der Waals surface area contributed by atoms with E-state index in [1.165, 1.54) is 49.8 Å². The molecule has 0 saturated carbocycles. The zero-order valence-corrected chi connectivity index (χ0v) is 24.8. The highest BCUT2D eigenvalue weighted by Gasteiger charge is 2.20. The number of aromatic nitrogens is 2. The second-order valence-electron chi connectivity index (χ2n) is 10.1. The molecule has 2 aromatic carbocycles. The van der Waals surface area contributed by atoms with E-state index in [1.807, 2.05) is 6.07 Å². The molecule has 0 unspecified atom stereocenters. The average Bonchev–Trinajstić information content (AvgIpc) is 2.99. The third-order valence-corrected chi connectivity index (χ3v) is 7.31. The lowest BCUT2D eigenvalue weighted by atomic mass is 10.2. The summed E-state index contributed by atoms with van der Waals surface area (Å²) < 4.78 is 25.8. The molecule has 1 amide bonds. The zero-order valence-electron chi connectivity index (χ0n) is 24.1. The fourth-order valence-corrected chi connectivity index (χ4v) is 4.92. The quantitative estimate of drug-likeness (QED) is 0.219. The molecule has 2 N–H and O–H groups in total. The number of carboxylic acid groups (broad SMARTS) is 1. The van der Waals surface area contributed by atoms with Crippen LogP contribution in [0.2, 0.25) is 5.02 Å². The standard InChI is InChI=1S/C30H38ClFN6O4/c1-3-4-12-36-14-16-37(17-15-36)13-5-18-42-26-9-7-24(20-27(26)41-2)34-29-33-11-10-28(35-29)38(30(39)40)21-22-19-23(31)6-8-25(22)32/h6-11,19-20H,3-5,12-18,21H2,1-2H3,(H,39,40)(H,33,34,35). The average molecular weight is 601 g/mol. The molecule has 1 aromatic heterocycles. The van der Waals surface area contributed by atoms with Crippen LogP contribution in [0.1, 0.15) is 31.7 Å². The van der Waals surface area contributed by atoms with Gasteiger partial charge in [-0.15, -0.1) is 0 Å². The van der Waals surface area contributed by atoms with Crippen molar-refractivity contribution < 1.29 is 23.8 Å². The smallest absolute Gasteiger partial charge is 0.413 e. The van der Waals surface area contributed by atoms with Crippen LogP contribution in [0.3, 0.4) is 0 Å². The van der Waals surface area contributed by atoms with Gasteiger partial charge in [-0.1, -0.05) is 24.9 Å². The van der Waals surface area contributed by atoms with E-state index >= 15 is 0 Å². The highest BCUT2D eigenvalue weighted by molar-refractivity contribution is 6.30. The van der Waals surface area contributed by atoms with Crippen molar-refractivity contribution in [1.29, 1.82) is 0 Å². The fourth-order valence-electron chi connectivity index (χ4n) is 4.72.